The summed E-state index contributed by atoms with van der Waals surface area (Å²) in [6, 6.07) is 1.81. The summed E-state index contributed by atoms with van der Waals surface area (Å²) in [5, 5.41) is 0. The number of hydrogen-bond acceptors (Lipinski definition) is 3. The van der Waals surface area contributed by atoms with Crippen molar-refractivity contribution in [2.45, 2.75) is 13.1 Å². The number of alkyl halides is 3. The van der Waals surface area contributed by atoms with Crippen molar-refractivity contribution in [3.8, 4) is 0 Å². The number of rotatable bonds is 1. The Morgan fingerprint density at radius 2 is 1.94 bits per heavy atom. The number of carbonyl (C=O) groups is 1. The quantitative estimate of drug-likeness (QED) is 0.598. The molecule has 1 aromatic rings. The second-order valence-electron chi connectivity index (χ2n) is 3.24. The third-order valence-electron chi connectivity index (χ3n) is 2.12. The third-order valence-corrected chi connectivity index (χ3v) is 2.12. The van der Waals surface area contributed by atoms with E-state index in [0.29, 0.717) is 5.56 Å². The van der Waals surface area contributed by atoms with Crippen molar-refractivity contribution in [2.24, 2.45) is 0 Å². The van der Waals surface area contributed by atoms with E-state index < -0.39 is 23.3 Å². The molecule has 1 aromatic carbocycles. The molecule has 0 aromatic heterocycles. The predicted octanol–water partition coefficient (Wildman–Crippen LogP) is 2.38. The third kappa shape index (κ3) is 2.26. The summed E-state index contributed by atoms with van der Waals surface area (Å²) in [5.41, 5.74) is 4.15. The summed E-state index contributed by atoms with van der Waals surface area (Å²) >= 11 is 0. The first kappa shape index (κ1) is 12.4. The molecule has 88 valence electrons. The van der Waals surface area contributed by atoms with E-state index in [4.69, 9.17) is 5.73 Å². The minimum absolute atomic E-state index is 0.0139. The molecular formula is C10H10F3NO2. The first-order valence-corrected chi connectivity index (χ1v) is 4.33. The largest absolute Gasteiger partial charge is 0.465 e. The Kier molecular flexibility index (Phi) is 3.11. The Labute approximate surface area is 90.0 Å². The van der Waals surface area contributed by atoms with Gasteiger partial charge in [0.25, 0.3) is 0 Å². The molecule has 0 amide bonds. The zero-order valence-electron chi connectivity index (χ0n) is 8.68. The van der Waals surface area contributed by atoms with Crippen LogP contribution in [0.3, 0.4) is 0 Å². The van der Waals surface area contributed by atoms with E-state index in [0.717, 1.165) is 19.2 Å². The van der Waals surface area contributed by atoms with Gasteiger partial charge in [0.15, 0.2) is 0 Å². The maximum absolute atomic E-state index is 12.6. The summed E-state index contributed by atoms with van der Waals surface area (Å²) in [5.74, 6) is -1.03. The summed E-state index contributed by atoms with van der Waals surface area (Å²) in [6.45, 7) is 1.52. The molecule has 1 rings (SSSR count). The molecule has 16 heavy (non-hydrogen) atoms. The number of anilines is 1. The van der Waals surface area contributed by atoms with Gasteiger partial charge in [-0.2, -0.15) is 13.2 Å². The van der Waals surface area contributed by atoms with Crippen LogP contribution in [0.2, 0.25) is 0 Å². The highest BCUT2D eigenvalue weighted by Crippen LogP contribution is 2.34. The Morgan fingerprint density at radius 1 is 1.38 bits per heavy atom. The zero-order chi connectivity index (χ0) is 12.5. The summed E-state index contributed by atoms with van der Waals surface area (Å²) in [6.07, 6.45) is -4.63. The van der Waals surface area contributed by atoms with Gasteiger partial charge in [0, 0.05) is 5.69 Å². The van der Waals surface area contributed by atoms with Crippen molar-refractivity contribution in [1.82, 2.24) is 0 Å². The molecule has 0 aliphatic heterocycles. The van der Waals surface area contributed by atoms with Crippen LogP contribution in [0.25, 0.3) is 0 Å². The Balaban J connectivity index is 3.45. The number of nitrogens with two attached hydrogens (primary N) is 1. The smallest absolute Gasteiger partial charge is 0.417 e. The Morgan fingerprint density at radius 3 is 2.38 bits per heavy atom. The second kappa shape index (κ2) is 4.03. The normalized spacial score (nSPS) is 11.3. The van der Waals surface area contributed by atoms with Crippen LogP contribution in [-0.4, -0.2) is 13.1 Å². The number of methoxy groups -OCH3 is 1. The van der Waals surface area contributed by atoms with Gasteiger partial charge in [-0.1, -0.05) is 0 Å². The van der Waals surface area contributed by atoms with E-state index in [9.17, 15) is 18.0 Å². The van der Waals surface area contributed by atoms with E-state index >= 15 is 0 Å². The molecule has 0 unspecified atom stereocenters. The molecule has 0 heterocycles. The maximum Gasteiger partial charge on any atom is 0.417 e. The Bertz CT molecular complexity index is 427. The molecule has 0 aliphatic rings. The van der Waals surface area contributed by atoms with E-state index in [2.05, 4.69) is 4.74 Å². The summed E-state index contributed by atoms with van der Waals surface area (Å²) < 4.78 is 42.1. The molecule has 0 bridgehead atoms. The van der Waals surface area contributed by atoms with Crippen molar-refractivity contribution in [2.75, 3.05) is 12.8 Å². The molecule has 0 atom stereocenters. The molecule has 0 aliphatic carbocycles. The average molecular weight is 233 g/mol. The number of halogens is 3. The van der Waals surface area contributed by atoms with Gasteiger partial charge in [0.05, 0.1) is 18.2 Å². The van der Waals surface area contributed by atoms with Crippen molar-refractivity contribution < 1.29 is 22.7 Å². The fourth-order valence-electron chi connectivity index (χ4n) is 1.24. The fourth-order valence-corrected chi connectivity index (χ4v) is 1.24. The SMILES string of the molecule is COC(=O)c1cc(C)c(N)cc1C(F)(F)F. The molecule has 0 spiro atoms. The van der Waals surface area contributed by atoms with Crippen LogP contribution < -0.4 is 5.73 Å². The van der Waals surface area contributed by atoms with Crippen molar-refractivity contribution in [3.63, 3.8) is 0 Å². The molecular weight excluding hydrogens is 223 g/mol. The lowest BCUT2D eigenvalue weighted by atomic mass is 10.0. The van der Waals surface area contributed by atoms with Crippen LogP contribution in [0, 0.1) is 6.92 Å². The van der Waals surface area contributed by atoms with E-state index in [-0.39, 0.29) is 5.69 Å². The van der Waals surface area contributed by atoms with Gasteiger partial charge in [0.1, 0.15) is 0 Å². The van der Waals surface area contributed by atoms with Gasteiger partial charge < -0.3 is 10.5 Å². The molecule has 0 saturated carbocycles. The highest BCUT2D eigenvalue weighted by atomic mass is 19.4. The number of aryl methyl sites for hydroxylation is 1. The predicted molar refractivity (Wildman–Crippen MR) is 51.9 cm³/mol. The standard InChI is InChI=1S/C10H10F3NO2/c1-5-3-6(9(15)16-2)7(4-8(5)14)10(11,12)13/h3-4H,14H2,1-2H3. The lowest BCUT2D eigenvalue weighted by Crippen LogP contribution is -2.15. The number of benzene rings is 1. The first-order valence-electron chi connectivity index (χ1n) is 4.33. The van der Waals surface area contributed by atoms with E-state index in [1.807, 2.05) is 0 Å². The molecule has 3 nitrogen and oxygen atoms in total. The van der Waals surface area contributed by atoms with Gasteiger partial charge in [0.2, 0.25) is 0 Å². The van der Waals surface area contributed by atoms with Gasteiger partial charge in [-0.15, -0.1) is 0 Å². The highest BCUT2D eigenvalue weighted by molar-refractivity contribution is 5.92. The molecule has 0 fully saturated rings. The van der Waals surface area contributed by atoms with Gasteiger partial charge >= 0.3 is 12.1 Å². The lowest BCUT2D eigenvalue weighted by Gasteiger charge is -2.13. The van der Waals surface area contributed by atoms with Crippen LogP contribution in [0.15, 0.2) is 12.1 Å². The lowest BCUT2D eigenvalue weighted by molar-refractivity contribution is -0.138. The minimum Gasteiger partial charge on any atom is -0.465 e. The maximum atomic E-state index is 12.6. The minimum atomic E-state index is -4.63. The van der Waals surface area contributed by atoms with E-state index in [1.54, 1.807) is 0 Å². The number of esters is 1. The molecule has 6 heteroatoms. The highest BCUT2D eigenvalue weighted by Gasteiger charge is 2.36. The number of hydrogen-bond donors (Lipinski definition) is 1. The van der Waals surface area contributed by atoms with Crippen molar-refractivity contribution in [3.05, 3.63) is 28.8 Å². The fraction of sp³-hybridized carbons (Fsp3) is 0.300. The van der Waals surface area contributed by atoms with Crippen molar-refractivity contribution >= 4 is 11.7 Å². The van der Waals surface area contributed by atoms with Crippen LogP contribution in [0.5, 0.6) is 0 Å². The molecule has 2 N–H and O–H groups in total. The first-order chi connectivity index (χ1) is 7.27. The number of carbonyl (C=O) groups excluding carboxylic acids is 1. The topological polar surface area (TPSA) is 52.3 Å². The van der Waals surface area contributed by atoms with Crippen LogP contribution in [0.1, 0.15) is 21.5 Å². The van der Waals surface area contributed by atoms with Gasteiger partial charge in [-0.05, 0) is 24.6 Å². The van der Waals surface area contributed by atoms with Gasteiger partial charge in [-0.25, -0.2) is 4.79 Å². The number of nitrogen functional groups attached to an aromatic ring is 1. The summed E-state index contributed by atoms with van der Waals surface area (Å²) in [7, 11) is 1.02. The second-order valence-corrected chi connectivity index (χ2v) is 3.24. The molecule has 0 saturated heterocycles. The van der Waals surface area contributed by atoms with Crippen molar-refractivity contribution in [1.29, 1.82) is 0 Å². The van der Waals surface area contributed by atoms with E-state index in [1.165, 1.54) is 6.92 Å². The van der Waals surface area contributed by atoms with Crippen LogP contribution in [0.4, 0.5) is 18.9 Å². The van der Waals surface area contributed by atoms with Crippen LogP contribution >= 0.6 is 0 Å². The van der Waals surface area contributed by atoms with Crippen LogP contribution in [-0.2, 0) is 10.9 Å². The number of ether oxygens (including phenoxy) is 1. The van der Waals surface area contributed by atoms with Gasteiger partial charge in [-0.3, -0.25) is 0 Å². The Hall–Kier alpha value is -1.72. The average Bonchev–Trinajstić information content (AvgIpc) is 2.18. The zero-order valence-corrected chi connectivity index (χ0v) is 8.68. The summed E-state index contributed by atoms with van der Waals surface area (Å²) in [4.78, 5) is 11.2. The monoisotopic (exact) mass is 233 g/mol. The molecule has 0 radical (unpaired) electrons.